The van der Waals surface area contributed by atoms with E-state index in [1.165, 1.54) is 70.2 Å². The van der Waals surface area contributed by atoms with Crippen molar-refractivity contribution in [2.24, 2.45) is 0 Å². The molecule has 0 spiro atoms. The van der Waals surface area contributed by atoms with Crippen LogP contribution in [-0.4, -0.2) is 41.1 Å². The molecule has 0 saturated carbocycles. The number of rotatable bonds is 10. The second-order valence-electron chi connectivity index (χ2n) is 7.49. The lowest BCUT2D eigenvalue weighted by molar-refractivity contribution is 0.128. The molecule has 26 heavy (non-hydrogen) atoms. The zero-order chi connectivity index (χ0) is 18.2. The van der Waals surface area contributed by atoms with E-state index < -0.39 is 0 Å². The summed E-state index contributed by atoms with van der Waals surface area (Å²) in [5.74, 6) is 1.33. The summed E-state index contributed by atoms with van der Waals surface area (Å²) < 4.78 is 5.44. The zero-order valence-corrected chi connectivity index (χ0v) is 16.3. The normalized spacial score (nSPS) is 17.3. The monoisotopic (exact) mass is 358 g/mol. The molecule has 0 amide bonds. The van der Waals surface area contributed by atoms with Crippen molar-refractivity contribution in [3.8, 4) is 0 Å². The van der Waals surface area contributed by atoms with E-state index in [9.17, 15) is 0 Å². The molecule has 144 valence electrons. The highest BCUT2D eigenvalue weighted by Crippen LogP contribution is 2.32. The predicted octanol–water partition coefficient (Wildman–Crippen LogP) is 3.97. The number of unbranched alkanes of at least 4 members (excludes halogenated alkanes) is 3. The number of allylic oxidation sites excluding steroid dienone is 2. The minimum absolute atomic E-state index is 0.442. The van der Waals surface area contributed by atoms with E-state index in [0.717, 1.165) is 24.1 Å². The Labute approximate surface area is 158 Å². The number of aromatic nitrogens is 2. The number of ether oxygens (including phenoxy) is 1. The summed E-state index contributed by atoms with van der Waals surface area (Å²) in [5, 5.41) is 0. The van der Waals surface area contributed by atoms with E-state index in [0.29, 0.717) is 24.9 Å². The highest BCUT2D eigenvalue weighted by atomic mass is 16.5. The van der Waals surface area contributed by atoms with E-state index in [1.54, 1.807) is 0 Å². The third-order valence-electron chi connectivity index (χ3n) is 5.50. The lowest BCUT2D eigenvalue weighted by Crippen LogP contribution is -2.30. The molecule has 1 aromatic rings. The summed E-state index contributed by atoms with van der Waals surface area (Å²) in [6, 6.07) is 0. The van der Waals surface area contributed by atoms with Gasteiger partial charge >= 0.3 is 0 Å². The van der Waals surface area contributed by atoms with Crippen molar-refractivity contribution in [2.45, 2.75) is 71.3 Å². The van der Waals surface area contributed by atoms with Crippen molar-refractivity contribution in [3.63, 3.8) is 0 Å². The Morgan fingerprint density at radius 2 is 1.88 bits per heavy atom. The molecule has 0 radical (unpaired) electrons. The number of anilines is 1. The molecular formula is C21H34N4O. The standard InChI is InChI=1S/C21H34N4O/c1-2-26-16-19-23-20-17(11-12-18(20)21(22)24-19)10-6-3-4-7-13-25-14-8-5-9-15-25/h11H,2-10,12-16H2,1H3,(H2,22,23,24). The Morgan fingerprint density at radius 3 is 2.69 bits per heavy atom. The number of nitrogens with zero attached hydrogens (tertiary/aromatic N) is 3. The Kier molecular flexibility index (Phi) is 7.44. The highest BCUT2D eigenvalue weighted by molar-refractivity contribution is 5.73. The van der Waals surface area contributed by atoms with Crippen molar-refractivity contribution < 1.29 is 4.74 Å². The van der Waals surface area contributed by atoms with Crippen LogP contribution in [0.2, 0.25) is 0 Å². The molecule has 1 aliphatic carbocycles. The quantitative estimate of drug-likeness (QED) is 0.641. The first-order valence-electron chi connectivity index (χ1n) is 10.4. The van der Waals surface area contributed by atoms with Gasteiger partial charge in [0.05, 0.1) is 5.69 Å². The first kappa shape index (κ1) is 19.3. The van der Waals surface area contributed by atoms with Crippen molar-refractivity contribution in [1.29, 1.82) is 0 Å². The van der Waals surface area contributed by atoms with Crippen LogP contribution in [0.5, 0.6) is 0 Å². The van der Waals surface area contributed by atoms with Gasteiger partial charge in [0.15, 0.2) is 5.82 Å². The summed E-state index contributed by atoms with van der Waals surface area (Å²) in [5.41, 5.74) is 9.65. The summed E-state index contributed by atoms with van der Waals surface area (Å²) in [6.45, 7) is 7.01. The highest BCUT2D eigenvalue weighted by Gasteiger charge is 2.20. The van der Waals surface area contributed by atoms with Gasteiger partial charge in [0.1, 0.15) is 12.4 Å². The molecule has 0 atom stereocenters. The van der Waals surface area contributed by atoms with Crippen molar-refractivity contribution in [3.05, 3.63) is 23.2 Å². The molecule has 0 aromatic carbocycles. The van der Waals surface area contributed by atoms with Crippen LogP contribution in [0, 0.1) is 0 Å². The molecule has 1 aliphatic heterocycles. The maximum atomic E-state index is 6.13. The molecule has 2 N–H and O–H groups in total. The first-order chi connectivity index (χ1) is 12.8. The molecule has 0 bridgehead atoms. The van der Waals surface area contributed by atoms with Crippen LogP contribution in [0.25, 0.3) is 5.57 Å². The van der Waals surface area contributed by atoms with Crippen LogP contribution >= 0.6 is 0 Å². The number of nitrogen functional groups attached to an aromatic ring is 1. The van der Waals surface area contributed by atoms with Gasteiger partial charge in [-0.15, -0.1) is 0 Å². The number of piperidine rings is 1. The average molecular weight is 359 g/mol. The summed E-state index contributed by atoms with van der Waals surface area (Å²) >= 11 is 0. The van der Waals surface area contributed by atoms with Crippen molar-refractivity contribution >= 4 is 11.4 Å². The molecule has 5 nitrogen and oxygen atoms in total. The Bertz CT molecular complexity index is 608. The number of likely N-dealkylation sites (tertiary alicyclic amines) is 1. The second-order valence-corrected chi connectivity index (χ2v) is 7.49. The van der Waals surface area contributed by atoms with E-state index in [4.69, 9.17) is 15.5 Å². The van der Waals surface area contributed by atoms with Crippen molar-refractivity contribution in [2.75, 3.05) is 32.0 Å². The maximum absolute atomic E-state index is 6.13. The van der Waals surface area contributed by atoms with Crippen LogP contribution in [-0.2, 0) is 17.8 Å². The maximum Gasteiger partial charge on any atom is 0.157 e. The average Bonchev–Trinajstić information content (AvgIpc) is 3.07. The number of nitrogens with two attached hydrogens (primary N) is 1. The number of hydrogen-bond acceptors (Lipinski definition) is 5. The molecular weight excluding hydrogens is 324 g/mol. The predicted molar refractivity (Wildman–Crippen MR) is 107 cm³/mol. The third kappa shape index (κ3) is 5.27. The molecule has 5 heteroatoms. The van der Waals surface area contributed by atoms with Gasteiger partial charge in [0, 0.05) is 12.2 Å². The summed E-state index contributed by atoms with van der Waals surface area (Å²) in [6.07, 6.45) is 13.7. The lowest BCUT2D eigenvalue weighted by Gasteiger charge is -2.26. The largest absolute Gasteiger partial charge is 0.383 e. The van der Waals surface area contributed by atoms with E-state index in [-0.39, 0.29) is 0 Å². The van der Waals surface area contributed by atoms with E-state index in [1.807, 2.05) is 6.92 Å². The molecule has 1 fully saturated rings. The topological polar surface area (TPSA) is 64.3 Å². The van der Waals surface area contributed by atoms with E-state index in [2.05, 4.69) is 16.0 Å². The van der Waals surface area contributed by atoms with Gasteiger partial charge in [-0.05, 0) is 70.7 Å². The van der Waals surface area contributed by atoms with Gasteiger partial charge in [-0.25, -0.2) is 9.97 Å². The Balaban J connectivity index is 1.40. The van der Waals surface area contributed by atoms with Gasteiger partial charge in [-0.1, -0.05) is 25.3 Å². The minimum Gasteiger partial charge on any atom is -0.383 e. The zero-order valence-electron chi connectivity index (χ0n) is 16.3. The summed E-state index contributed by atoms with van der Waals surface area (Å²) in [7, 11) is 0. The van der Waals surface area contributed by atoms with Crippen LogP contribution in [0.1, 0.15) is 75.4 Å². The fourth-order valence-corrected chi connectivity index (χ4v) is 4.00. The molecule has 0 unspecified atom stereocenters. The van der Waals surface area contributed by atoms with Crippen LogP contribution in [0.4, 0.5) is 5.82 Å². The second kappa shape index (κ2) is 10.0. The molecule has 1 aromatic heterocycles. The van der Waals surface area contributed by atoms with Gasteiger partial charge in [0.2, 0.25) is 0 Å². The molecule has 2 aliphatic rings. The number of hydrogen-bond donors (Lipinski definition) is 1. The van der Waals surface area contributed by atoms with Gasteiger partial charge in [0.25, 0.3) is 0 Å². The Hall–Kier alpha value is -1.46. The van der Waals surface area contributed by atoms with Gasteiger partial charge < -0.3 is 15.4 Å². The van der Waals surface area contributed by atoms with Crippen LogP contribution in [0.15, 0.2) is 6.08 Å². The van der Waals surface area contributed by atoms with Gasteiger partial charge in [-0.3, -0.25) is 0 Å². The Morgan fingerprint density at radius 1 is 1.08 bits per heavy atom. The first-order valence-corrected chi connectivity index (χ1v) is 10.4. The smallest absolute Gasteiger partial charge is 0.157 e. The molecule has 3 rings (SSSR count). The fraction of sp³-hybridized carbons (Fsp3) is 0.714. The van der Waals surface area contributed by atoms with Crippen LogP contribution < -0.4 is 5.73 Å². The van der Waals surface area contributed by atoms with E-state index >= 15 is 0 Å². The van der Waals surface area contributed by atoms with Gasteiger partial charge in [-0.2, -0.15) is 0 Å². The third-order valence-corrected chi connectivity index (χ3v) is 5.50. The fourth-order valence-electron chi connectivity index (χ4n) is 4.00. The van der Waals surface area contributed by atoms with Crippen molar-refractivity contribution in [1.82, 2.24) is 14.9 Å². The molecule has 2 heterocycles. The van der Waals surface area contributed by atoms with Crippen LogP contribution in [0.3, 0.4) is 0 Å². The summed E-state index contributed by atoms with van der Waals surface area (Å²) in [4.78, 5) is 11.7. The lowest BCUT2D eigenvalue weighted by atomic mass is 10.0. The molecule has 1 saturated heterocycles. The number of fused-ring (bicyclic) bond motifs is 1. The minimum atomic E-state index is 0.442. The SMILES string of the molecule is CCOCc1nc(N)c2c(n1)C(CCCCCCN1CCCCC1)=CC2.